The van der Waals surface area contributed by atoms with Crippen LogP contribution in [0.4, 0.5) is 13.2 Å². The number of benzene rings is 1. The van der Waals surface area contributed by atoms with Gasteiger partial charge in [-0.05, 0) is 43.0 Å². The van der Waals surface area contributed by atoms with E-state index in [1.165, 1.54) is 29.7 Å². The van der Waals surface area contributed by atoms with Crippen LogP contribution in [0.5, 0.6) is 0 Å². The third kappa shape index (κ3) is 4.59. The quantitative estimate of drug-likeness (QED) is 0.534. The van der Waals surface area contributed by atoms with Crippen LogP contribution in [0.25, 0.3) is 11.3 Å². The lowest BCUT2D eigenvalue weighted by molar-refractivity contribution is -0.137. The Balaban J connectivity index is 1.40. The van der Waals surface area contributed by atoms with Crippen LogP contribution in [0.1, 0.15) is 23.4 Å². The number of thiazole rings is 1. The molecule has 3 aromatic rings. The number of amides is 1. The van der Waals surface area contributed by atoms with Crippen molar-refractivity contribution in [2.75, 3.05) is 6.54 Å². The summed E-state index contributed by atoms with van der Waals surface area (Å²) in [5, 5.41) is 5.39. The van der Waals surface area contributed by atoms with Crippen LogP contribution in [0.15, 0.2) is 57.6 Å². The molecule has 2 atom stereocenters. The van der Waals surface area contributed by atoms with E-state index in [0.29, 0.717) is 35.7 Å². The molecule has 1 saturated heterocycles. The molecule has 170 valence electrons. The lowest BCUT2D eigenvalue weighted by atomic mass is 10.1. The first-order chi connectivity index (χ1) is 15.2. The van der Waals surface area contributed by atoms with Crippen molar-refractivity contribution in [3.63, 3.8) is 0 Å². The highest BCUT2D eigenvalue weighted by molar-refractivity contribution is 7.98. The van der Waals surface area contributed by atoms with E-state index in [4.69, 9.17) is 4.42 Å². The maximum atomic E-state index is 13.1. The molecule has 0 spiro atoms. The maximum absolute atomic E-state index is 13.1. The lowest BCUT2D eigenvalue weighted by Crippen LogP contribution is -2.45. The van der Waals surface area contributed by atoms with Gasteiger partial charge in [0.15, 0.2) is 5.09 Å². The number of alkyl halides is 3. The Morgan fingerprint density at radius 3 is 2.72 bits per heavy atom. The van der Waals surface area contributed by atoms with Crippen LogP contribution in [0.3, 0.4) is 0 Å². The molecule has 0 aliphatic carbocycles. The Labute approximate surface area is 187 Å². The highest BCUT2D eigenvalue weighted by Gasteiger charge is 2.37. The largest absolute Gasteiger partial charge is 0.455 e. The Kier molecular flexibility index (Phi) is 6.15. The third-order valence-corrected chi connectivity index (χ3v) is 8.07. The van der Waals surface area contributed by atoms with Gasteiger partial charge in [-0.1, -0.05) is 12.1 Å². The molecule has 3 heterocycles. The molecule has 11 heteroatoms. The molecule has 1 aliphatic rings. The second-order valence-electron chi connectivity index (χ2n) is 7.29. The normalized spacial score (nSPS) is 19.0. The van der Waals surface area contributed by atoms with Crippen molar-refractivity contribution in [2.24, 2.45) is 0 Å². The van der Waals surface area contributed by atoms with Crippen molar-refractivity contribution in [3.8, 4) is 11.3 Å². The van der Waals surface area contributed by atoms with Gasteiger partial charge in [-0.3, -0.25) is 4.79 Å². The van der Waals surface area contributed by atoms with Crippen molar-refractivity contribution >= 4 is 32.8 Å². The monoisotopic (exact) mass is 483 g/mol. The van der Waals surface area contributed by atoms with E-state index in [1.54, 1.807) is 21.8 Å². The van der Waals surface area contributed by atoms with Crippen LogP contribution in [0, 0.1) is 0 Å². The first kappa shape index (κ1) is 22.6. The van der Waals surface area contributed by atoms with Gasteiger partial charge in [0.2, 0.25) is 5.91 Å². The fraction of sp³-hybridized carbons (Fsp3) is 0.286. The zero-order valence-electron chi connectivity index (χ0n) is 16.8. The Morgan fingerprint density at radius 2 is 2.06 bits per heavy atom. The first-order valence-electron chi connectivity index (χ1n) is 9.73. The average Bonchev–Trinajstić information content (AvgIpc) is 3.53. The number of nitrogens with zero attached hydrogens (tertiary/aromatic N) is 2. The van der Waals surface area contributed by atoms with Crippen LogP contribution in [0.2, 0.25) is 0 Å². The van der Waals surface area contributed by atoms with E-state index in [1.807, 2.05) is 0 Å². The topological polar surface area (TPSA) is 75.4 Å². The number of halogens is 3. The molecule has 1 fully saturated rings. The SMILES string of the molecule is C=S(=O)(c1ccco1)N1CCC[C@H]1C(=O)NCc1nc(-c2ccc(C(F)(F)F)cc2)cs1. The summed E-state index contributed by atoms with van der Waals surface area (Å²) in [6, 6.07) is 7.38. The van der Waals surface area contributed by atoms with Gasteiger partial charge >= 0.3 is 6.18 Å². The van der Waals surface area contributed by atoms with E-state index in [9.17, 15) is 22.2 Å². The summed E-state index contributed by atoms with van der Waals surface area (Å²) < 4.78 is 58.2. The van der Waals surface area contributed by atoms with Crippen LogP contribution >= 0.6 is 11.3 Å². The van der Waals surface area contributed by atoms with Crippen LogP contribution in [-0.4, -0.2) is 37.9 Å². The van der Waals surface area contributed by atoms with Gasteiger partial charge in [0.05, 0.1) is 33.8 Å². The van der Waals surface area contributed by atoms with Crippen LogP contribution in [-0.2, 0) is 27.2 Å². The summed E-state index contributed by atoms with van der Waals surface area (Å²) in [5.74, 6) is 3.52. The molecular weight excluding hydrogens is 463 g/mol. The minimum atomic E-state index is -4.39. The standard InChI is InChI=1S/C21H20F3N3O3S2/c1-32(29,19-5-3-11-30-19)27-10-2-4-17(27)20(28)25-12-18-26-16(13-31-18)14-6-8-15(9-7-14)21(22,23)24/h3,5-9,11,13,17H,1-2,4,10,12H2,(H,25,28)/t17-,32?/m0/s1. The molecule has 1 aliphatic heterocycles. The first-order valence-corrected chi connectivity index (χ1v) is 12.3. The van der Waals surface area contributed by atoms with Gasteiger partial charge in [-0.15, -0.1) is 11.3 Å². The van der Waals surface area contributed by atoms with Gasteiger partial charge in [0.1, 0.15) is 11.0 Å². The fourth-order valence-corrected chi connectivity index (χ4v) is 6.06. The molecule has 2 aromatic heterocycles. The molecule has 0 bridgehead atoms. The van der Waals surface area contributed by atoms with Crippen molar-refractivity contribution in [3.05, 3.63) is 58.6 Å². The Morgan fingerprint density at radius 1 is 1.31 bits per heavy atom. The van der Waals surface area contributed by atoms with Crippen molar-refractivity contribution in [1.29, 1.82) is 0 Å². The molecular formula is C21H20F3N3O3S2. The van der Waals surface area contributed by atoms with E-state index >= 15 is 0 Å². The molecule has 32 heavy (non-hydrogen) atoms. The fourth-order valence-electron chi connectivity index (χ4n) is 3.55. The highest BCUT2D eigenvalue weighted by Crippen LogP contribution is 2.31. The Hall–Kier alpha value is -2.63. The summed E-state index contributed by atoms with van der Waals surface area (Å²) in [6.45, 7) is 0.629. The van der Waals surface area contributed by atoms with E-state index in [-0.39, 0.29) is 17.5 Å². The number of aromatic nitrogens is 1. The molecule has 4 rings (SSSR count). The lowest BCUT2D eigenvalue weighted by Gasteiger charge is -2.25. The van der Waals surface area contributed by atoms with Gasteiger partial charge in [-0.2, -0.15) is 13.2 Å². The zero-order valence-corrected chi connectivity index (χ0v) is 18.4. The second kappa shape index (κ2) is 8.72. The second-order valence-corrected chi connectivity index (χ2v) is 10.4. The van der Waals surface area contributed by atoms with Gasteiger partial charge < -0.3 is 9.73 Å². The number of hydrogen-bond acceptors (Lipinski definition) is 5. The van der Waals surface area contributed by atoms with Crippen molar-refractivity contribution < 1.29 is 26.6 Å². The predicted octanol–water partition coefficient (Wildman–Crippen LogP) is 4.19. The number of carbonyl (C=O) groups is 1. The van der Waals surface area contributed by atoms with Gasteiger partial charge in [0, 0.05) is 17.5 Å². The molecule has 0 radical (unpaired) electrons. The number of hydrogen-bond donors (Lipinski definition) is 1. The van der Waals surface area contributed by atoms with E-state index < -0.39 is 27.5 Å². The molecule has 1 aromatic carbocycles. The van der Waals surface area contributed by atoms with Crippen LogP contribution < -0.4 is 5.32 Å². The number of carbonyl (C=O) groups excluding carboxylic acids is 1. The summed E-state index contributed by atoms with van der Waals surface area (Å²) in [5.41, 5.74) is 0.375. The minimum Gasteiger partial charge on any atom is -0.455 e. The summed E-state index contributed by atoms with van der Waals surface area (Å²) in [4.78, 5) is 17.2. The number of nitrogens with one attached hydrogen (secondary N) is 1. The van der Waals surface area contributed by atoms with Crippen molar-refractivity contribution in [1.82, 2.24) is 14.6 Å². The highest BCUT2D eigenvalue weighted by atomic mass is 32.2. The maximum Gasteiger partial charge on any atom is 0.416 e. The molecule has 0 saturated carbocycles. The Bertz CT molecular complexity index is 1190. The summed E-state index contributed by atoms with van der Waals surface area (Å²) in [7, 11) is -2.91. The molecule has 6 nitrogen and oxygen atoms in total. The minimum absolute atomic E-state index is 0.160. The molecule has 1 N–H and O–H groups in total. The molecule has 1 unspecified atom stereocenters. The van der Waals surface area contributed by atoms with Gasteiger partial charge in [0.25, 0.3) is 0 Å². The zero-order chi connectivity index (χ0) is 22.9. The predicted molar refractivity (Wildman–Crippen MR) is 116 cm³/mol. The van der Waals surface area contributed by atoms with Gasteiger partial charge in [-0.25, -0.2) is 13.5 Å². The van der Waals surface area contributed by atoms with E-state index in [2.05, 4.69) is 16.2 Å². The average molecular weight is 484 g/mol. The smallest absolute Gasteiger partial charge is 0.416 e. The number of furan rings is 1. The summed E-state index contributed by atoms with van der Waals surface area (Å²) in [6.07, 6.45) is -1.71. The third-order valence-electron chi connectivity index (χ3n) is 5.17. The number of rotatable bonds is 6. The summed E-state index contributed by atoms with van der Waals surface area (Å²) >= 11 is 1.30. The van der Waals surface area contributed by atoms with Crippen molar-refractivity contribution in [2.45, 2.75) is 36.7 Å². The molecule has 1 amide bonds. The van der Waals surface area contributed by atoms with E-state index in [0.717, 1.165) is 12.1 Å².